The van der Waals surface area contributed by atoms with Crippen LogP contribution in [0.25, 0.3) is 10.9 Å². The number of amides is 3. The summed E-state index contributed by atoms with van der Waals surface area (Å²) in [6, 6.07) is 18.5. The molecular formula is C31H28N4O4. The Hall–Kier alpha value is -4.43. The molecule has 0 radical (unpaired) electrons. The van der Waals surface area contributed by atoms with E-state index in [1.165, 1.54) is 4.90 Å². The van der Waals surface area contributed by atoms with Crippen molar-refractivity contribution in [2.45, 2.75) is 31.8 Å². The quantitative estimate of drug-likeness (QED) is 0.354. The van der Waals surface area contributed by atoms with Crippen LogP contribution in [0.1, 0.15) is 22.3 Å². The second-order valence-electron chi connectivity index (χ2n) is 10.8. The number of methoxy groups -OCH3 is 1. The molecule has 0 bridgehead atoms. The summed E-state index contributed by atoms with van der Waals surface area (Å²) in [4.78, 5) is 46.9. The number of carbonyl (C=O) groups excluding carboxylic acids is 3. The Morgan fingerprint density at radius 1 is 0.974 bits per heavy atom. The Bertz CT molecular complexity index is 1710. The zero-order chi connectivity index (χ0) is 27.1. The standard InChI is InChI=1S/C31H28N4O4/c1-16-11-17(2)27-22(12-16)31(30(38)33-27)26-25(24(34-31)13-18-15-32-23-10-5-4-9-21(18)23)28(36)35(29(26)37)19-7-6-8-20(14-19)39-3/h4-12,14-15,24-26,32,34H,13H2,1-3H3,(H,33,38)/t24-,25+,26-,31+/m0/s1. The van der Waals surface area contributed by atoms with Gasteiger partial charge in [-0.15, -0.1) is 0 Å². The highest BCUT2D eigenvalue weighted by Gasteiger charge is 2.70. The van der Waals surface area contributed by atoms with Crippen molar-refractivity contribution in [3.05, 3.63) is 89.1 Å². The van der Waals surface area contributed by atoms with Crippen molar-refractivity contribution in [3.8, 4) is 5.75 Å². The summed E-state index contributed by atoms with van der Waals surface area (Å²) in [5.41, 5.74) is 4.47. The lowest BCUT2D eigenvalue weighted by Crippen LogP contribution is -2.53. The van der Waals surface area contributed by atoms with E-state index in [0.717, 1.165) is 33.2 Å². The number of H-pyrrole nitrogens is 1. The van der Waals surface area contributed by atoms with E-state index in [9.17, 15) is 14.4 Å². The predicted molar refractivity (Wildman–Crippen MR) is 148 cm³/mol. The summed E-state index contributed by atoms with van der Waals surface area (Å²) in [5.74, 6) is -2.06. The van der Waals surface area contributed by atoms with E-state index in [-0.39, 0.29) is 17.7 Å². The van der Waals surface area contributed by atoms with Crippen molar-refractivity contribution in [2.75, 3.05) is 17.3 Å². The van der Waals surface area contributed by atoms with Gasteiger partial charge in [0.1, 0.15) is 11.3 Å². The molecule has 1 aromatic heterocycles. The second-order valence-corrected chi connectivity index (χ2v) is 10.8. The van der Waals surface area contributed by atoms with E-state index >= 15 is 0 Å². The SMILES string of the molecule is COc1cccc(N2C(=O)[C@@H]3[C@H](Cc4c[nH]c5ccccc45)N[C@@]4(C(=O)Nc5c(C)cc(C)cc54)[C@@H]3C2=O)c1. The molecule has 39 heavy (non-hydrogen) atoms. The lowest BCUT2D eigenvalue weighted by atomic mass is 9.75. The number of para-hydroxylation sites is 1. The van der Waals surface area contributed by atoms with Crippen LogP contribution in [0.4, 0.5) is 11.4 Å². The van der Waals surface area contributed by atoms with Crippen molar-refractivity contribution in [2.24, 2.45) is 11.8 Å². The number of aromatic amines is 1. The van der Waals surface area contributed by atoms with E-state index in [1.54, 1.807) is 31.4 Å². The molecule has 1 spiro atoms. The van der Waals surface area contributed by atoms with Crippen LogP contribution in [0.2, 0.25) is 0 Å². The van der Waals surface area contributed by atoms with Crippen molar-refractivity contribution >= 4 is 40.0 Å². The number of fused-ring (bicyclic) bond motifs is 5. The summed E-state index contributed by atoms with van der Waals surface area (Å²) in [6.45, 7) is 3.93. The number of anilines is 2. The summed E-state index contributed by atoms with van der Waals surface area (Å²) >= 11 is 0. The number of hydrogen-bond acceptors (Lipinski definition) is 5. The van der Waals surface area contributed by atoms with Gasteiger partial charge >= 0.3 is 0 Å². The molecule has 7 rings (SSSR count). The Kier molecular flexibility index (Phi) is 5.03. The number of aromatic nitrogens is 1. The van der Waals surface area contributed by atoms with Crippen LogP contribution in [0.3, 0.4) is 0 Å². The number of ether oxygens (including phenoxy) is 1. The number of aryl methyl sites for hydroxylation is 2. The molecule has 4 heterocycles. The number of carbonyl (C=O) groups is 3. The highest BCUT2D eigenvalue weighted by molar-refractivity contribution is 6.26. The number of benzene rings is 3. The first-order chi connectivity index (χ1) is 18.8. The van der Waals surface area contributed by atoms with Crippen LogP contribution in [0.15, 0.2) is 66.9 Å². The van der Waals surface area contributed by atoms with E-state index < -0.39 is 23.4 Å². The Morgan fingerprint density at radius 2 is 1.79 bits per heavy atom. The molecule has 4 aromatic rings. The molecular weight excluding hydrogens is 492 g/mol. The highest BCUT2D eigenvalue weighted by atomic mass is 16.5. The fraction of sp³-hybridized carbons (Fsp3) is 0.258. The first kappa shape index (κ1) is 23.7. The average molecular weight is 521 g/mol. The van der Waals surface area contributed by atoms with Crippen LogP contribution in [0, 0.1) is 25.7 Å². The van der Waals surface area contributed by atoms with Crippen LogP contribution in [-0.2, 0) is 26.3 Å². The highest BCUT2D eigenvalue weighted by Crippen LogP contribution is 2.54. The van der Waals surface area contributed by atoms with Crippen molar-refractivity contribution in [1.82, 2.24) is 10.3 Å². The van der Waals surface area contributed by atoms with Gasteiger partial charge in [-0.2, -0.15) is 0 Å². The van der Waals surface area contributed by atoms with Gasteiger partial charge in [-0.3, -0.25) is 19.7 Å². The normalized spacial score (nSPS) is 25.5. The minimum absolute atomic E-state index is 0.295. The number of imide groups is 1. The number of hydrogen-bond donors (Lipinski definition) is 3. The lowest BCUT2D eigenvalue weighted by molar-refractivity contribution is -0.130. The third kappa shape index (κ3) is 3.18. The summed E-state index contributed by atoms with van der Waals surface area (Å²) < 4.78 is 5.37. The summed E-state index contributed by atoms with van der Waals surface area (Å²) in [6.07, 6.45) is 2.43. The monoisotopic (exact) mass is 520 g/mol. The van der Waals surface area contributed by atoms with E-state index in [1.807, 2.05) is 56.4 Å². The molecule has 8 nitrogen and oxygen atoms in total. The van der Waals surface area contributed by atoms with Crippen LogP contribution >= 0.6 is 0 Å². The third-order valence-corrected chi connectivity index (χ3v) is 8.59. The number of nitrogens with one attached hydrogen (secondary N) is 3. The van der Waals surface area contributed by atoms with Crippen molar-refractivity contribution in [1.29, 1.82) is 0 Å². The average Bonchev–Trinajstić information content (AvgIpc) is 3.64. The van der Waals surface area contributed by atoms with Gasteiger partial charge in [0, 0.05) is 40.5 Å². The molecule has 4 atom stereocenters. The Labute approximate surface area is 225 Å². The largest absolute Gasteiger partial charge is 0.497 e. The van der Waals surface area contributed by atoms with Crippen LogP contribution in [-0.4, -0.2) is 35.9 Å². The van der Waals surface area contributed by atoms with Gasteiger partial charge in [0.25, 0.3) is 0 Å². The maximum Gasteiger partial charge on any atom is 0.250 e. The first-order valence-corrected chi connectivity index (χ1v) is 13.1. The molecule has 3 aliphatic rings. The molecule has 196 valence electrons. The minimum atomic E-state index is -1.35. The van der Waals surface area contributed by atoms with Gasteiger partial charge in [-0.05, 0) is 49.6 Å². The molecule has 0 aliphatic carbocycles. The summed E-state index contributed by atoms with van der Waals surface area (Å²) in [5, 5.41) is 7.67. The Morgan fingerprint density at radius 3 is 2.62 bits per heavy atom. The summed E-state index contributed by atoms with van der Waals surface area (Å²) in [7, 11) is 1.54. The molecule has 2 saturated heterocycles. The van der Waals surface area contributed by atoms with Gasteiger partial charge in [0.15, 0.2) is 0 Å². The number of rotatable bonds is 4. The predicted octanol–water partition coefficient (Wildman–Crippen LogP) is 3.96. The first-order valence-electron chi connectivity index (χ1n) is 13.1. The van der Waals surface area contributed by atoms with Gasteiger partial charge in [-0.25, -0.2) is 4.90 Å². The maximum absolute atomic E-state index is 14.3. The Balaban J connectivity index is 1.40. The minimum Gasteiger partial charge on any atom is -0.497 e. The third-order valence-electron chi connectivity index (χ3n) is 8.59. The molecule has 3 aromatic carbocycles. The second kappa shape index (κ2) is 8.28. The van der Waals surface area contributed by atoms with E-state index in [2.05, 4.69) is 15.6 Å². The van der Waals surface area contributed by atoms with Crippen molar-refractivity contribution in [3.63, 3.8) is 0 Å². The smallest absolute Gasteiger partial charge is 0.250 e. The number of nitrogens with zero attached hydrogens (tertiary/aromatic N) is 1. The fourth-order valence-corrected chi connectivity index (χ4v) is 6.97. The lowest BCUT2D eigenvalue weighted by Gasteiger charge is -2.30. The molecule has 3 aliphatic heterocycles. The van der Waals surface area contributed by atoms with Gasteiger partial charge in [0.2, 0.25) is 17.7 Å². The maximum atomic E-state index is 14.3. The topological polar surface area (TPSA) is 104 Å². The molecule has 3 amide bonds. The molecule has 0 unspecified atom stereocenters. The van der Waals surface area contributed by atoms with E-state index in [4.69, 9.17) is 4.74 Å². The van der Waals surface area contributed by atoms with Crippen LogP contribution < -0.4 is 20.3 Å². The van der Waals surface area contributed by atoms with Gasteiger partial charge in [-0.1, -0.05) is 42.0 Å². The molecule has 3 N–H and O–H groups in total. The van der Waals surface area contributed by atoms with Gasteiger partial charge in [0.05, 0.1) is 24.6 Å². The van der Waals surface area contributed by atoms with Crippen molar-refractivity contribution < 1.29 is 19.1 Å². The van der Waals surface area contributed by atoms with Gasteiger partial charge < -0.3 is 15.0 Å². The van der Waals surface area contributed by atoms with E-state index in [0.29, 0.717) is 23.5 Å². The molecule has 8 heteroatoms. The molecule has 0 saturated carbocycles. The fourth-order valence-electron chi connectivity index (χ4n) is 6.97. The zero-order valence-corrected chi connectivity index (χ0v) is 21.9. The molecule has 2 fully saturated rings. The zero-order valence-electron chi connectivity index (χ0n) is 21.9. The van der Waals surface area contributed by atoms with Crippen LogP contribution in [0.5, 0.6) is 5.75 Å².